The third-order valence-electron chi connectivity index (χ3n) is 3.38. The molecule has 6 heteroatoms. The molecule has 0 saturated carbocycles. The molecule has 22 heavy (non-hydrogen) atoms. The van der Waals surface area contributed by atoms with Gasteiger partial charge in [0.05, 0.1) is 11.4 Å². The SMILES string of the molecule is Cc1cc(Cl)n2nc(-c3nc(CC(C)C)cnc3C)cc2n1. The maximum atomic E-state index is 6.23. The summed E-state index contributed by atoms with van der Waals surface area (Å²) < 4.78 is 1.63. The summed E-state index contributed by atoms with van der Waals surface area (Å²) in [4.78, 5) is 13.6. The summed E-state index contributed by atoms with van der Waals surface area (Å²) in [6, 6.07) is 3.69. The van der Waals surface area contributed by atoms with Crippen LogP contribution in [0.25, 0.3) is 17.0 Å². The highest BCUT2D eigenvalue weighted by atomic mass is 35.5. The molecular weight excluding hydrogens is 298 g/mol. The van der Waals surface area contributed by atoms with E-state index in [4.69, 9.17) is 16.6 Å². The molecule has 0 aromatic carbocycles. The Hall–Kier alpha value is -2.01. The van der Waals surface area contributed by atoms with Gasteiger partial charge in [-0.3, -0.25) is 4.98 Å². The standard InChI is InChI=1S/C16H18ClN5/c1-9(2)5-12-8-18-11(4)16(20-12)13-7-15-19-10(3)6-14(17)22(15)21-13/h6-9H,5H2,1-4H3. The van der Waals surface area contributed by atoms with Gasteiger partial charge in [-0.2, -0.15) is 5.10 Å². The van der Waals surface area contributed by atoms with Crippen LogP contribution in [0, 0.1) is 19.8 Å². The topological polar surface area (TPSA) is 56.0 Å². The van der Waals surface area contributed by atoms with Gasteiger partial charge in [0.25, 0.3) is 0 Å². The van der Waals surface area contributed by atoms with Crippen LogP contribution in [0.4, 0.5) is 0 Å². The van der Waals surface area contributed by atoms with Crippen molar-refractivity contribution in [3.63, 3.8) is 0 Å². The van der Waals surface area contributed by atoms with E-state index in [-0.39, 0.29) is 0 Å². The molecule has 0 unspecified atom stereocenters. The number of hydrogen-bond acceptors (Lipinski definition) is 4. The smallest absolute Gasteiger partial charge is 0.157 e. The van der Waals surface area contributed by atoms with Gasteiger partial charge in [0.15, 0.2) is 5.65 Å². The van der Waals surface area contributed by atoms with Crippen LogP contribution in [0.3, 0.4) is 0 Å². The Labute approximate surface area is 134 Å². The van der Waals surface area contributed by atoms with Crippen molar-refractivity contribution in [2.75, 3.05) is 0 Å². The Morgan fingerprint density at radius 3 is 2.68 bits per heavy atom. The predicted molar refractivity (Wildman–Crippen MR) is 87.0 cm³/mol. The van der Waals surface area contributed by atoms with Crippen LogP contribution in [0.15, 0.2) is 18.3 Å². The molecule has 0 amide bonds. The van der Waals surface area contributed by atoms with E-state index in [2.05, 4.69) is 28.9 Å². The Kier molecular flexibility index (Phi) is 3.83. The first-order valence-electron chi connectivity index (χ1n) is 7.30. The molecule has 114 valence electrons. The summed E-state index contributed by atoms with van der Waals surface area (Å²) in [6.45, 7) is 8.18. The van der Waals surface area contributed by atoms with Gasteiger partial charge in [-0.05, 0) is 32.3 Å². The lowest BCUT2D eigenvalue weighted by Gasteiger charge is -2.07. The van der Waals surface area contributed by atoms with Crippen molar-refractivity contribution in [1.29, 1.82) is 0 Å². The van der Waals surface area contributed by atoms with E-state index in [9.17, 15) is 0 Å². The van der Waals surface area contributed by atoms with Gasteiger partial charge in [0.1, 0.15) is 16.5 Å². The molecule has 3 heterocycles. The second-order valence-corrected chi connectivity index (χ2v) is 6.30. The molecule has 0 spiro atoms. The largest absolute Gasteiger partial charge is 0.257 e. The van der Waals surface area contributed by atoms with Crippen molar-refractivity contribution in [3.8, 4) is 11.4 Å². The zero-order valence-electron chi connectivity index (χ0n) is 13.1. The molecule has 0 bridgehead atoms. The third kappa shape index (κ3) is 2.81. The first-order valence-corrected chi connectivity index (χ1v) is 7.67. The maximum Gasteiger partial charge on any atom is 0.157 e. The number of hydrogen-bond donors (Lipinski definition) is 0. The van der Waals surface area contributed by atoms with Crippen LogP contribution in [-0.4, -0.2) is 24.6 Å². The van der Waals surface area contributed by atoms with Crippen molar-refractivity contribution < 1.29 is 0 Å². The molecule has 3 aromatic heterocycles. The fourth-order valence-electron chi connectivity index (χ4n) is 2.42. The first-order chi connectivity index (χ1) is 10.4. The van der Waals surface area contributed by atoms with Crippen molar-refractivity contribution in [2.24, 2.45) is 5.92 Å². The van der Waals surface area contributed by atoms with E-state index >= 15 is 0 Å². The average Bonchev–Trinajstić information content (AvgIpc) is 2.84. The van der Waals surface area contributed by atoms with Crippen LogP contribution >= 0.6 is 11.6 Å². The summed E-state index contributed by atoms with van der Waals surface area (Å²) in [5.74, 6) is 0.532. The number of nitrogens with zero attached hydrogens (tertiary/aromatic N) is 5. The quantitative estimate of drug-likeness (QED) is 0.692. The van der Waals surface area contributed by atoms with Crippen molar-refractivity contribution in [2.45, 2.75) is 34.1 Å². The zero-order chi connectivity index (χ0) is 15.9. The number of aryl methyl sites for hydroxylation is 2. The highest BCUT2D eigenvalue weighted by molar-refractivity contribution is 6.29. The van der Waals surface area contributed by atoms with Gasteiger partial charge >= 0.3 is 0 Å². The second-order valence-electron chi connectivity index (χ2n) is 5.91. The lowest BCUT2D eigenvalue weighted by atomic mass is 10.1. The molecule has 3 rings (SSSR count). The number of fused-ring (bicyclic) bond motifs is 1. The summed E-state index contributed by atoms with van der Waals surface area (Å²) in [7, 11) is 0. The normalized spacial score (nSPS) is 11.5. The molecule has 0 aliphatic heterocycles. The Morgan fingerprint density at radius 2 is 1.95 bits per heavy atom. The predicted octanol–water partition coefficient (Wildman–Crippen LogP) is 3.66. The summed E-state index contributed by atoms with van der Waals surface area (Å²) in [5.41, 5.74) is 4.94. The molecule has 0 N–H and O–H groups in total. The van der Waals surface area contributed by atoms with Crippen molar-refractivity contribution in [3.05, 3.63) is 40.6 Å². The minimum atomic E-state index is 0.532. The molecule has 5 nitrogen and oxygen atoms in total. The minimum absolute atomic E-state index is 0.532. The van der Waals surface area contributed by atoms with Crippen LogP contribution in [0.5, 0.6) is 0 Å². The van der Waals surface area contributed by atoms with E-state index < -0.39 is 0 Å². The minimum Gasteiger partial charge on any atom is -0.257 e. The van der Waals surface area contributed by atoms with Gasteiger partial charge < -0.3 is 0 Å². The van der Waals surface area contributed by atoms with Crippen molar-refractivity contribution >= 4 is 17.2 Å². The van der Waals surface area contributed by atoms with Gasteiger partial charge in [-0.1, -0.05) is 25.4 Å². The summed E-state index contributed by atoms with van der Waals surface area (Å²) in [5, 5.41) is 5.06. The maximum absolute atomic E-state index is 6.23. The van der Waals surface area contributed by atoms with Gasteiger partial charge in [-0.15, -0.1) is 0 Å². The monoisotopic (exact) mass is 315 g/mol. The fourth-order valence-corrected chi connectivity index (χ4v) is 2.70. The van der Waals surface area contributed by atoms with E-state index in [1.165, 1.54) is 0 Å². The summed E-state index contributed by atoms with van der Waals surface area (Å²) in [6.07, 6.45) is 2.73. The van der Waals surface area contributed by atoms with E-state index in [0.29, 0.717) is 11.1 Å². The average molecular weight is 316 g/mol. The fraction of sp³-hybridized carbons (Fsp3) is 0.375. The lowest BCUT2D eigenvalue weighted by molar-refractivity contribution is 0.633. The van der Waals surface area contributed by atoms with E-state index in [1.807, 2.05) is 26.1 Å². The number of aromatic nitrogens is 5. The van der Waals surface area contributed by atoms with E-state index in [1.54, 1.807) is 10.6 Å². The van der Waals surface area contributed by atoms with Gasteiger partial charge in [-0.25, -0.2) is 14.5 Å². The van der Waals surface area contributed by atoms with Crippen molar-refractivity contribution in [1.82, 2.24) is 24.6 Å². The Morgan fingerprint density at radius 1 is 1.18 bits per heavy atom. The summed E-state index contributed by atoms with van der Waals surface area (Å²) >= 11 is 6.23. The van der Waals surface area contributed by atoms with Gasteiger partial charge in [0, 0.05) is 18.0 Å². The van der Waals surface area contributed by atoms with Crippen LogP contribution in [0.1, 0.15) is 30.9 Å². The number of halogens is 1. The molecule has 0 aliphatic rings. The lowest BCUT2D eigenvalue weighted by Crippen LogP contribution is -2.02. The number of rotatable bonds is 3. The molecule has 0 atom stereocenters. The third-order valence-corrected chi connectivity index (χ3v) is 3.65. The van der Waals surface area contributed by atoms with Crippen LogP contribution in [0.2, 0.25) is 5.15 Å². The molecule has 3 aromatic rings. The Balaban J connectivity index is 2.12. The van der Waals surface area contributed by atoms with E-state index in [0.717, 1.165) is 40.5 Å². The Bertz CT molecular complexity index is 838. The molecule has 0 aliphatic carbocycles. The van der Waals surface area contributed by atoms with Crippen LogP contribution in [-0.2, 0) is 6.42 Å². The molecule has 0 radical (unpaired) electrons. The van der Waals surface area contributed by atoms with Gasteiger partial charge in [0.2, 0.25) is 0 Å². The zero-order valence-corrected chi connectivity index (χ0v) is 13.9. The second kappa shape index (κ2) is 5.65. The highest BCUT2D eigenvalue weighted by Crippen LogP contribution is 2.23. The first kappa shape index (κ1) is 14.9. The molecule has 0 fully saturated rings. The highest BCUT2D eigenvalue weighted by Gasteiger charge is 2.14. The van der Waals surface area contributed by atoms with Crippen LogP contribution < -0.4 is 0 Å². The molecule has 0 saturated heterocycles. The molecular formula is C16H18ClN5.